The van der Waals surface area contributed by atoms with E-state index in [2.05, 4.69) is 25.6 Å². The van der Waals surface area contributed by atoms with Gasteiger partial charge in [-0.15, -0.1) is 16.4 Å². The summed E-state index contributed by atoms with van der Waals surface area (Å²) in [6, 6.07) is 5.21. The van der Waals surface area contributed by atoms with Crippen molar-refractivity contribution in [1.29, 1.82) is 0 Å². The van der Waals surface area contributed by atoms with Gasteiger partial charge in [0.15, 0.2) is 17.4 Å². The van der Waals surface area contributed by atoms with E-state index in [4.69, 9.17) is 22.3 Å². The molecular weight excluding hydrogens is 466 g/mol. The highest BCUT2D eigenvalue weighted by Gasteiger charge is 2.44. The SMILES string of the molecule is C[C@@]1(C(=O)Cc2ncc(Cl)s2)CCCN1c1nc(Nc2cc(C(N)=O)[nH]n2)c2cccn2n1. The number of primary amides is 1. The molecule has 0 saturated carbocycles. The molecule has 1 atom stereocenters. The standard InChI is InChI=1S/C20H20ClN9O2S/c1-20(13(31)9-16-23-10-14(21)33-16)5-3-6-29(20)19-25-18(12-4-2-7-30(12)28-19)24-15-8-11(17(22)32)26-27-15/h2,4,7-8,10H,3,5-6,9H2,1H3,(H2,22,32)(H2,24,25,26,27,28)/t20-/m0/s1. The van der Waals surface area contributed by atoms with Crippen molar-refractivity contribution in [2.45, 2.75) is 31.7 Å². The number of Topliss-reactive ketones (excluding diaryl/α,β-unsaturated/α-hetero) is 1. The van der Waals surface area contributed by atoms with Gasteiger partial charge < -0.3 is 16.0 Å². The number of nitrogens with zero attached hydrogens (tertiary/aromatic N) is 6. The molecule has 1 saturated heterocycles. The fraction of sp³-hybridized carbons (Fsp3) is 0.300. The molecule has 0 aromatic carbocycles. The molecule has 13 heteroatoms. The van der Waals surface area contributed by atoms with Crippen molar-refractivity contribution in [3.63, 3.8) is 0 Å². The minimum absolute atomic E-state index is 0.0372. The second kappa shape index (κ2) is 8.12. The van der Waals surface area contributed by atoms with Gasteiger partial charge in [0, 0.05) is 18.8 Å². The van der Waals surface area contributed by atoms with Crippen molar-refractivity contribution < 1.29 is 9.59 Å². The van der Waals surface area contributed by atoms with Gasteiger partial charge in [0.05, 0.1) is 18.2 Å². The average molecular weight is 486 g/mol. The van der Waals surface area contributed by atoms with Crippen LogP contribution >= 0.6 is 22.9 Å². The lowest BCUT2D eigenvalue weighted by Crippen LogP contribution is -2.49. The number of rotatable bonds is 7. The van der Waals surface area contributed by atoms with Gasteiger partial charge in [-0.3, -0.25) is 14.7 Å². The topological polar surface area (TPSA) is 147 Å². The summed E-state index contributed by atoms with van der Waals surface area (Å²) >= 11 is 7.29. The quantitative estimate of drug-likeness (QED) is 0.362. The lowest BCUT2D eigenvalue weighted by atomic mass is 9.91. The zero-order chi connectivity index (χ0) is 23.2. The smallest absolute Gasteiger partial charge is 0.266 e. The van der Waals surface area contributed by atoms with E-state index in [0.29, 0.717) is 45.4 Å². The summed E-state index contributed by atoms with van der Waals surface area (Å²) in [5, 5.41) is 15.1. The van der Waals surface area contributed by atoms with Crippen molar-refractivity contribution in [2.75, 3.05) is 16.8 Å². The zero-order valence-electron chi connectivity index (χ0n) is 17.6. The maximum atomic E-state index is 13.3. The Morgan fingerprint density at radius 2 is 2.27 bits per heavy atom. The first-order valence-electron chi connectivity index (χ1n) is 10.2. The second-order valence-corrected chi connectivity index (χ2v) is 9.69. The zero-order valence-corrected chi connectivity index (χ0v) is 19.2. The highest BCUT2D eigenvalue weighted by atomic mass is 35.5. The minimum atomic E-state index is -0.776. The summed E-state index contributed by atoms with van der Waals surface area (Å²) < 4.78 is 2.25. The number of carbonyl (C=O) groups excluding carboxylic acids is 2. The van der Waals surface area contributed by atoms with Crippen LogP contribution < -0.4 is 16.0 Å². The molecule has 0 aliphatic carbocycles. The van der Waals surface area contributed by atoms with Gasteiger partial charge in [-0.2, -0.15) is 10.1 Å². The molecule has 4 aromatic heterocycles. The van der Waals surface area contributed by atoms with Gasteiger partial charge in [-0.05, 0) is 31.9 Å². The fourth-order valence-corrected chi connectivity index (χ4v) is 4.99. The van der Waals surface area contributed by atoms with Gasteiger partial charge in [0.25, 0.3) is 5.91 Å². The average Bonchev–Trinajstić information content (AvgIpc) is 3.55. The predicted molar refractivity (Wildman–Crippen MR) is 124 cm³/mol. The molecule has 4 aromatic rings. The first-order chi connectivity index (χ1) is 15.8. The number of amides is 1. The van der Waals surface area contributed by atoms with Gasteiger partial charge >= 0.3 is 0 Å². The van der Waals surface area contributed by atoms with Crippen LogP contribution in [0.4, 0.5) is 17.6 Å². The summed E-state index contributed by atoms with van der Waals surface area (Å²) in [6.07, 6.45) is 5.08. The van der Waals surface area contributed by atoms with Crippen molar-refractivity contribution >= 4 is 57.7 Å². The second-order valence-electron chi connectivity index (χ2n) is 7.94. The molecule has 5 heterocycles. The number of nitrogens with one attached hydrogen (secondary N) is 2. The van der Waals surface area contributed by atoms with E-state index in [-0.39, 0.29) is 17.9 Å². The van der Waals surface area contributed by atoms with Gasteiger partial charge in [0.2, 0.25) is 5.95 Å². The molecule has 1 aliphatic rings. The van der Waals surface area contributed by atoms with E-state index in [1.807, 2.05) is 24.0 Å². The molecular formula is C20H20ClN9O2S. The van der Waals surface area contributed by atoms with E-state index < -0.39 is 11.4 Å². The van der Waals surface area contributed by atoms with Crippen LogP contribution in [0.2, 0.25) is 4.34 Å². The first kappa shape index (κ1) is 21.3. The van der Waals surface area contributed by atoms with Crippen molar-refractivity contribution in [3.8, 4) is 0 Å². The van der Waals surface area contributed by atoms with Crippen LogP contribution in [0.25, 0.3) is 5.52 Å². The van der Waals surface area contributed by atoms with Gasteiger partial charge in [-0.1, -0.05) is 11.6 Å². The molecule has 4 N–H and O–H groups in total. The number of aromatic nitrogens is 6. The largest absolute Gasteiger partial charge is 0.364 e. The lowest BCUT2D eigenvalue weighted by Gasteiger charge is -2.33. The Hall–Kier alpha value is -3.51. The minimum Gasteiger partial charge on any atom is -0.364 e. The molecule has 11 nitrogen and oxygen atoms in total. The number of carbonyl (C=O) groups is 2. The van der Waals surface area contributed by atoms with E-state index in [0.717, 1.165) is 6.42 Å². The van der Waals surface area contributed by atoms with Crippen LogP contribution in [0.1, 0.15) is 35.3 Å². The molecule has 1 amide bonds. The summed E-state index contributed by atoms with van der Waals surface area (Å²) in [6.45, 7) is 2.56. The van der Waals surface area contributed by atoms with Crippen LogP contribution in [0.15, 0.2) is 30.6 Å². The summed E-state index contributed by atoms with van der Waals surface area (Å²) in [7, 11) is 0. The Bertz CT molecular complexity index is 1360. The third-order valence-electron chi connectivity index (χ3n) is 5.79. The Kier molecular flexibility index (Phi) is 5.25. The third-order valence-corrected chi connectivity index (χ3v) is 6.90. The highest BCUT2D eigenvalue weighted by Crippen LogP contribution is 2.35. The molecule has 0 unspecified atom stereocenters. The number of thiazole rings is 1. The maximum absolute atomic E-state index is 13.3. The van der Waals surface area contributed by atoms with Crippen molar-refractivity contribution in [3.05, 3.63) is 45.6 Å². The van der Waals surface area contributed by atoms with Crippen LogP contribution in [-0.4, -0.2) is 53.6 Å². The van der Waals surface area contributed by atoms with E-state index in [9.17, 15) is 9.59 Å². The third kappa shape index (κ3) is 3.91. The Balaban J connectivity index is 1.48. The van der Waals surface area contributed by atoms with Gasteiger partial charge in [-0.25, -0.2) is 9.50 Å². The molecule has 5 rings (SSSR count). The lowest BCUT2D eigenvalue weighted by molar-refractivity contribution is -0.122. The van der Waals surface area contributed by atoms with E-state index in [1.165, 1.54) is 17.4 Å². The van der Waals surface area contributed by atoms with Crippen molar-refractivity contribution in [2.24, 2.45) is 5.73 Å². The van der Waals surface area contributed by atoms with Crippen LogP contribution in [0.3, 0.4) is 0 Å². The Morgan fingerprint density at radius 1 is 1.42 bits per heavy atom. The number of hydrogen-bond donors (Lipinski definition) is 3. The number of H-pyrrole nitrogens is 1. The van der Waals surface area contributed by atoms with Gasteiger partial charge in [0.1, 0.15) is 20.6 Å². The monoisotopic (exact) mass is 485 g/mol. The first-order valence-corrected chi connectivity index (χ1v) is 11.4. The van der Waals surface area contributed by atoms with Crippen LogP contribution in [0, 0.1) is 0 Å². The molecule has 170 valence electrons. The summed E-state index contributed by atoms with van der Waals surface area (Å²) in [5.41, 5.74) is 5.42. The highest BCUT2D eigenvalue weighted by molar-refractivity contribution is 7.15. The number of halogens is 1. The molecule has 1 fully saturated rings. The van der Waals surface area contributed by atoms with Crippen molar-refractivity contribution in [1.82, 2.24) is 29.8 Å². The normalized spacial score (nSPS) is 18.2. The maximum Gasteiger partial charge on any atom is 0.266 e. The molecule has 0 bridgehead atoms. The van der Waals surface area contributed by atoms with E-state index >= 15 is 0 Å². The predicted octanol–water partition coefficient (Wildman–Crippen LogP) is 2.58. The number of anilines is 3. The number of hydrogen-bond acceptors (Lipinski definition) is 9. The fourth-order valence-electron chi connectivity index (χ4n) is 4.03. The van der Waals surface area contributed by atoms with Crippen LogP contribution in [-0.2, 0) is 11.2 Å². The number of ketones is 1. The number of nitrogens with two attached hydrogens (primary N) is 1. The number of aromatic amines is 1. The molecule has 1 aliphatic heterocycles. The van der Waals surface area contributed by atoms with Crippen LogP contribution in [0.5, 0.6) is 0 Å². The summed E-state index contributed by atoms with van der Waals surface area (Å²) in [5.74, 6) is 0.713. The summed E-state index contributed by atoms with van der Waals surface area (Å²) in [4.78, 5) is 35.6. The molecule has 33 heavy (non-hydrogen) atoms. The number of fused-ring (bicyclic) bond motifs is 1. The Morgan fingerprint density at radius 3 is 3.00 bits per heavy atom. The Labute approximate surface area is 197 Å². The molecule has 0 radical (unpaired) electrons. The molecule has 0 spiro atoms. The van der Waals surface area contributed by atoms with E-state index in [1.54, 1.807) is 16.9 Å².